The van der Waals surface area contributed by atoms with E-state index in [0.717, 1.165) is 34.4 Å². The van der Waals surface area contributed by atoms with Gasteiger partial charge in [-0.3, -0.25) is 0 Å². The van der Waals surface area contributed by atoms with E-state index in [1.807, 2.05) is 30.3 Å². The van der Waals surface area contributed by atoms with Crippen molar-refractivity contribution in [1.29, 1.82) is 0 Å². The van der Waals surface area contributed by atoms with E-state index in [9.17, 15) is 0 Å². The minimum absolute atomic E-state index is 0.0574. The van der Waals surface area contributed by atoms with E-state index in [2.05, 4.69) is 19.8 Å². The smallest absolute Gasteiger partial charge is 0.211 e. The molecule has 0 fully saturated rings. The van der Waals surface area contributed by atoms with Gasteiger partial charge in [-0.15, -0.1) is 5.10 Å². The number of hydrogen-bond donors (Lipinski definition) is 2. The Kier molecular flexibility index (Phi) is 3.42. The van der Waals surface area contributed by atoms with Crippen LogP contribution in [0.15, 0.2) is 45.7 Å². The number of hydrogen-bond acceptors (Lipinski definition) is 4. The predicted molar refractivity (Wildman–Crippen MR) is 81.8 cm³/mol. The van der Waals surface area contributed by atoms with Crippen LogP contribution in [0.2, 0.25) is 0 Å². The molecule has 102 valence electrons. The average Bonchev–Trinajstić information content (AvgIpc) is 3.01. The first kappa shape index (κ1) is 12.7. The molecule has 0 spiro atoms. The van der Waals surface area contributed by atoms with Gasteiger partial charge in [0.25, 0.3) is 0 Å². The number of aromatic nitrogens is 2. The molecule has 1 aromatic heterocycles. The lowest BCUT2D eigenvalue weighted by Crippen LogP contribution is -2.21. The molecule has 0 atom stereocenters. The summed E-state index contributed by atoms with van der Waals surface area (Å²) in [5, 5.41) is 8.58. The van der Waals surface area contributed by atoms with Crippen LogP contribution in [0, 0.1) is 0 Å². The van der Waals surface area contributed by atoms with Crippen LogP contribution in [0.4, 0.5) is 0 Å². The van der Waals surface area contributed by atoms with Gasteiger partial charge >= 0.3 is 0 Å². The van der Waals surface area contributed by atoms with Crippen LogP contribution in [0.5, 0.6) is 0 Å². The fourth-order valence-corrected chi connectivity index (χ4v) is 3.05. The molecule has 0 unspecified atom stereocenters. The number of nitrogens with zero attached hydrogens (tertiary/aromatic N) is 4. The van der Waals surface area contributed by atoms with Crippen LogP contribution in [0.1, 0.15) is 5.69 Å². The predicted octanol–water partition coefficient (Wildman–Crippen LogP) is 1.26. The van der Waals surface area contributed by atoms with Crippen LogP contribution in [-0.4, -0.2) is 27.5 Å². The van der Waals surface area contributed by atoms with Gasteiger partial charge in [0.1, 0.15) is 0 Å². The van der Waals surface area contributed by atoms with E-state index < -0.39 is 0 Å². The maximum absolute atomic E-state index is 5.28. The Bertz CT molecular complexity index is 670. The Hall–Kier alpha value is -2.28. The minimum Gasteiger partial charge on any atom is -0.369 e. The average molecular weight is 286 g/mol. The van der Waals surface area contributed by atoms with Crippen molar-refractivity contribution in [3.05, 3.63) is 36.0 Å². The molecule has 2 heterocycles. The summed E-state index contributed by atoms with van der Waals surface area (Å²) >= 11 is 1.74. The standard InChI is InChI=1S/C13H14N6S/c14-12(15)18-16-8-10-11(9-4-2-1-3-5-9)17-13-19(10)6-7-20-13/h1-5,8H,6-7H2,(H4,14,15,18)/b16-8+. The summed E-state index contributed by atoms with van der Waals surface area (Å²) in [6.45, 7) is 0.920. The molecular weight excluding hydrogens is 272 g/mol. The maximum Gasteiger partial charge on any atom is 0.211 e. The normalized spacial score (nSPS) is 13.6. The molecule has 1 aliphatic rings. The number of thioether (sulfide) groups is 1. The van der Waals surface area contributed by atoms with Crippen molar-refractivity contribution in [1.82, 2.24) is 9.55 Å². The van der Waals surface area contributed by atoms with Crippen molar-refractivity contribution in [3.8, 4) is 11.3 Å². The SMILES string of the molecule is NC(N)=N/N=C/c1c(-c2ccccc2)nc2n1CCS2. The molecule has 3 rings (SSSR count). The molecule has 0 amide bonds. The summed E-state index contributed by atoms with van der Waals surface area (Å²) in [6, 6.07) is 10.0. The zero-order valence-corrected chi connectivity index (χ0v) is 11.5. The Morgan fingerprint density at radius 2 is 2.10 bits per heavy atom. The van der Waals surface area contributed by atoms with Crippen LogP contribution in [-0.2, 0) is 6.54 Å². The van der Waals surface area contributed by atoms with E-state index in [-0.39, 0.29) is 5.96 Å². The van der Waals surface area contributed by atoms with E-state index in [1.54, 1.807) is 18.0 Å². The molecule has 0 bridgehead atoms. The minimum atomic E-state index is -0.0574. The van der Waals surface area contributed by atoms with Crippen molar-refractivity contribution in [2.45, 2.75) is 11.7 Å². The number of imidazole rings is 1. The molecule has 7 heteroatoms. The molecular formula is C13H14N6S. The summed E-state index contributed by atoms with van der Waals surface area (Å²) < 4.78 is 2.14. The van der Waals surface area contributed by atoms with E-state index in [0.29, 0.717) is 0 Å². The molecule has 1 aromatic carbocycles. The number of guanidine groups is 1. The highest BCUT2D eigenvalue weighted by Crippen LogP contribution is 2.32. The summed E-state index contributed by atoms with van der Waals surface area (Å²) in [7, 11) is 0. The van der Waals surface area contributed by atoms with Crippen LogP contribution in [0.3, 0.4) is 0 Å². The van der Waals surface area contributed by atoms with Gasteiger partial charge in [0.2, 0.25) is 5.96 Å². The van der Waals surface area contributed by atoms with Crippen molar-refractivity contribution in [3.63, 3.8) is 0 Å². The third-order valence-electron chi connectivity index (χ3n) is 2.92. The second-order valence-corrected chi connectivity index (χ2v) is 5.33. The second-order valence-electron chi connectivity index (χ2n) is 4.26. The van der Waals surface area contributed by atoms with Gasteiger partial charge in [-0.1, -0.05) is 42.1 Å². The quantitative estimate of drug-likeness (QED) is 0.504. The number of fused-ring (bicyclic) bond motifs is 1. The number of rotatable bonds is 3. The number of nitrogens with two attached hydrogens (primary N) is 2. The van der Waals surface area contributed by atoms with Crippen LogP contribution in [0.25, 0.3) is 11.3 Å². The Balaban J connectivity index is 2.07. The fourth-order valence-electron chi connectivity index (χ4n) is 2.09. The molecule has 0 aliphatic carbocycles. The first-order valence-corrected chi connectivity index (χ1v) is 7.15. The third-order valence-corrected chi connectivity index (χ3v) is 3.87. The Labute approximate surface area is 120 Å². The molecule has 1 aliphatic heterocycles. The monoisotopic (exact) mass is 286 g/mol. The Morgan fingerprint density at radius 3 is 2.85 bits per heavy atom. The summed E-state index contributed by atoms with van der Waals surface area (Å²) in [5.41, 5.74) is 13.5. The van der Waals surface area contributed by atoms with E-state index in [4.69, 9.17) is 11.5 Å². The molecule has 0 radical (unpaired) electrons. The highest BCUT2D eigenvalue weighted by molar-refractivity contribution is 7.99. The summed E-state index contributed by atoms with van der Waals surface area (Å²) in [5.74, 6) is 0.971. The fraction of sp³-hybridized carbons (Fsp3) is 0.154. The lowest BCUT2D eigenvalue weighted by Gasteiger charge is -2.02. The molecule has 2 aromatic rings. The number of benzene rings is 1. The lowest BCUT2D eigenvalue weighted by molar-refractivity contribution is 0.715. The van der Waals surface area contributed by atoms with Crippen LogP contribution < -0.4 is 11.5 Å². The maximum atomic E-state index is 5.28. The lowest BCUT2D eigenvalue weighted by atomic mass is 10.1. The van der Waals surface area contributed by atoms with Crippen molar-refractivity contribution in [2.24, 2.45) is 21.7 Å². The zero-order valence-electron chi connectivity index (χ0n) is 10.7. The summed E-state index contributed by atoms with van der Waals surface area (Å²) in [4.78, 5) is 4.68. The topological polar surface area (TPSA) is 94.6 Å². The van der Waals surface area contributed by atoms with Crippen molar-refractivity contribution >= 4 is 23.9 Å². The zero-order chi connectivity index (χ0) is 13.9. The highest BCUT2D eigenvalue weighted by atomic mass is 32.2. The van der Waals surface area contributed by atoms with Gasteiger partial charge < -0.3 is 16.0 Å². The highest BCUT2D eigenvalue weighted by Gasteiger charge is 2.21. The van der Waals surface area contributed by atoms with Gasteiger partial charge in [-0.25, -0.2) is 4.98 Å². The first-order valence-electron chi connectivity index (χ1n) is 6.16. The van der Waals surface area contributed by atoms with Crippen molar-refractivity contribution < 1.29 is 0 Å². The van der Waals surface area contributed by atoms with Gasteiger partial charge in [-0.05, 0) is 0 Å². The second kappa shape index (κ2) is 5.38. The molecule has 4 N–H and O–H groups in total. The van der Waals surface area contributed by atoms with E-state index >= 15 is 0 Å². The Morgan fingerprint density at radius 1 is 1.30 bits per heavy atom. The summed E-state index contributed by atoms with van der Waals surface area (Å²) in [6.07, 6.45) is 1.66. The van der Waals surface area contributed by atoms with Gasteiger partial charge in [0, 0.05) is 17.9 Å². The molecule has 0 saturated heterocycles. The molecule has 6 nitrogen and oxygen atoms in total. The van der Waals surface area contributed by atoms with Gasteiger partial charge in [0.05, 0.1) is 17.6 Å². The molecule has 0 saturated carbocycles. The van der Waals surface area contributed by atoms with Gasteiger partial charge in [0.15, 0.2) is 5.16 Å². The third kappa shape index (κ3) is 2.39. The van der Waals surface area contributed by atoms with Crippen LogP contribution >= 0.6 is 11.8 Å². The van der Waals surface area contributed by atoms with E-state index in [1.165, 1.54) is 0 Å². The molecule has 20 heavy (non-hydrogen) atoms. The first-order chi connectivity index (χ1) is 9.75. The van der Waals surface area contributed by atoms with Gasteiger partial charge in [-0.2, -0.15) is 5.10 Å². The largest absolute Gasteiger partial charge is 0.369 e. The van der Waals surface area contributed by atoms with Crippen molar-refractivity contribution in [2.75, 3.05) is 5.75 Å².